The third kappa shape index (κ3) is 2.39. The van der Waals surface area contributed by atoms with Crippen molar-refractivity contribution in [1.82, 2.24) is 4.90 Å². The van der Waals surface area contributed by atoms with Gasteiger partial charge in [-0.15, -0.1) is 11.8 Å². The molecular formula is C10H12N2S2. The normalized spacial score (nSPS) is 15.6. The van der Waals surface area contributed by atoms with E-state index in [2.05, 4.69) is 10.2 Å². The topological polar surface area (TPSA) is 15.3 Å². The van der Waals surface area contributed by atoms with Gasteiger partial charge in [0.1, 0.15) is 0 Å². The molecule has 2 rings (SSSR count). The zero-order valence-corrected chi connectivity index (χ0v) is 9.40. The van der Waals surface area contributed by atoms with E-state index in [1.807, 2.05) is 42.1 Å². The van der Waals surface area contributed by atoms with Crippen LogP contribution in [0.3, 0.4) is 0 Å². The summed E-state index contributed by atoms with van der Waals surface area (Å²) in [5.74, 6) is 2.19. The lowest BCUT2D eigenvalue weighted by atomic mass is 10.3. The number of nitrogens with one attached hydrogen (secondary N) is 1. The molecule has 4 heteroatoms. The number of hydrogen-bond acceptors (Lipinski definition) is 2. The highest BCUT2D eigenvalue weighted by Crippen LogP contribution is 2.15. The average molecular weight is 224 g/mol. The van der Waals surface area contributed by atoms with Crippen molar-refractivity contribution in [2.45, 2.75) is 0 Å². The second-order valence-electron chi connectivity index (χ2n) is 3.10. The largest absolute Gasteiger partial charge is 0.339 e. The van der Waals surface area contributed by atoms with Gasteiger partial charge in [-0.1, -0.05) is 18.2 Å². The lowest BCUT2D eigenvalue weighted by molar-refractivity contribution is 0.552. The molecule has 1 aliphatic heterocycles. The molecule has 1 saturated heterocycles. The molecular weight excluding hydrogens is 212 g/mol. The number of anilines is 1. The monoisotopic (exact) mass is 224 g/mol. The zero-order valence-electron chi connectivity index (χ0n) is 7.77. The maximum Gasteiger partial charge on any atom is 0.174 e. The number of nitrogens with zero attached hydrogens (tertiary/aromatic N) is 1. The summed E-state index contributed by atoms with van der Waals surface area (Å²) in [5, 5.41) is 4.06. The van der Waals surface area contributed by atoms with E-state index in [0.717, 1.165) is 23.2 Å². The van der Waals surface area contributed by atoms with Gasteiger partial charge in [-0.2, -0.15) is 0 Å². The summed E-state index contributed by atoms with van der Waals surface area (Å²) < 4.78 is 0. The van der Waals surface area contributed by atoms with Gasteiger partial charge < -0.3 is 10.2 Å². The standard InChI is InChI=1S/C10H12N2S2/c13-10(12-6-7-14-8-12)11-9-4-2-1-3-5-9/h1-5H,6-8H2,(H,11,13). The second kappa shape index (κ2) is 4.66. The lowest BCUT2D eigenvalue weighted by Crippen LogP contribution is -2.31. The Bertz CT molecular complexity index is 307. The van der Waals surface area contributed by atoms with Crippen LogP contribution in [0.5, 0.6) is 0 Å². The highest BCUT2D eigenvalue weighted by Gasteiger charge is 2.14. The molecule has 1 aromatic rings. The highest BCUT2D eigenvalue weighted by molar-refractivity contribution is 7.99. The van der Waals surface area contributed by atoms with E-state index in [1.165, 1.54) is 5.75 Å². The lowest BCUT2D eigenvalue weighted by Gasteiger charge is -2.18. The predicted octanol–water partition coefficient (Wildman–Crippen LogP) is 2.39. The molecule has 74 valence electrons. The molecule has 0 aliphatic carbocycles. The van der Waals surface area contributed by atoms with Crippen LogP contribution < -0.4 is 5.32 Å². The maximum atomic E-state index is 5.30. The van der Waals surface area contributed by atoms with Crippen molar-refractivity contribution in [3.05, 3.63) is 30.3 Å². The van der Waals surface area contributed by atoms with Crippen LogP contribution >= 0.6 is 24.0 Å². The fourth-order valence-corrected chi connectivity index (χ4v) is 2.61. The van der Waals surface area contributed by atoms with Crippen LogP contribution in [0.1, 0.15) is 0 Å². The minimum Gasteiger partial charge on any atom is -0.339 e. The zero-order chi connectivity index (χ0) is 9.80. The molecule has 1 fully saturated rings. The number of rotatable bonds is 1. The summed E-state index contributed by atoms with van der Waals surface area (Å²) in [4.78, 5) is 2.19. The van der Waals surface area contributed by atoms with E-state index in [1.54, 1.807) is 0 Å². The molecule has 0 saturated carbocycles. The number of para-hydroxylation sites is 1. The first-order valence-corrected chi connectivity index (χ1v) is 6.11. The number of thiocarbonyl (C=S) groups is 1. The molecule has 1 N–H and O–H groups in total. The van der Waals surface area contributed by atoms with Crippen molar-refractivity contribution < 1.29 is 0 Å². The first kappa shape index (κ1) is 9.80. The average Bonchev–Trinajstić information content (AvgIpc) is 2.72. The minimum atomic E-state index is 0.834. The van der Waals surface area contributed by atoms with Gasteiger partial charge in [-0.25, -0.2) is 0 Å². The van der Waals surface area contributed by atoms with Crippen molar-refractivity contribution in [3.63, 3.8) is 0 Å². The van der Waals surface area contributed by atoms with Crippen molar-refractivity contribution in [2.24, 2.45) is 0 Å². The Labute approximate surface area is 93.7 Å². The SMILES string of the molecule is S=C(Nc1ccccc1)N1CCSC1. The van der Waals surface area contributed by atoms with Crippen LogP contribution in [0.25, 0.3) is 0 Å². The van der Waals surface area contributed by atoms with E-state index in [4.69, 9.17) is 12.2 Å². The molecule has 0 amide bonds. The Morgan fingerprint density at radius 3 is 2.79 bits per heavy atom. The molecule has 0 aromatic heterocycles. The second-order valence-corrected chi connectivity index (χ2v) is 4.56. The summed E-state index contributed by atoms with van der Waals surface area (Å²) in [6, 6.07) is 10.1. The fourth-order valence-electron chi connectivity index (χ4n) is 1.30. The Morgan fingerprint density at radius 1 is 1.36 bits per heavy atom. The van der Waals surface area contributed by atoms with Crippen LogP contribution in [0.2, 0.25) is 0 Å². The van der Waals surface area contributed by atoms with Crippen LogP contribution in [-0.2, 0) is 0 Å². The van der Waals surface area contributed by atoms with Crippen molar-refractivity contribution in [1.29, 1.82) is 0 Å². The minimum absolute atomic E-state index is 0.834. The summed E-state index contributed by atoms with van der Waals surface area (Å²) in [6.07, 6.45) is 0. The third-order valence-corrected chi connectivity index (χ3v) is 3.39. The molecule has 0 atom stereocenters. The summed E-state index contributed by atoms with van der Waals surface area (Å²) in [7, 11) is 0. The summed E-state index contributed by atoms with van der Waals surface area (Å²) in [6.45, 7) is 1.06. The smallest absolute Gasteiger partial charge is 0.174 e. The number of hydrogen-bond donors (Lipinski definition) is 1. The summed E-state index contributed by atoms with van der Waals surface area (Å²) >= 11 is 7.22. The van der Waals surface area contributed by atoms with Gasteiger partial charge in [-0.05, 0) is 24.4 Å². The molecule has 14 heavy (non-hydrogen) atoms. The molecule has 1 aliphatic rings. The van der Waals surface area contributed by atoms with E-state index < -0.39 is 0 Å². The molecule has 0 unspecified atom stereocenters. The fraction of sp³-hybridized carbons (Fsp3) is 0.300. The quantitative estimate of drug-likeness (QED) is 0.736. The van der Waals surface area contributed by atoms with Crippen molar-refractivity contribution in [2.75, 3.05) is 23.5 Å². The first-order chi connectivity index (χ1) is 6.86. The maximum absolute atomic E-state index is 5.30. The van der Waals surface area contributed by atoms with Gasteiger partial charge >= 0.3 is 0 Å². The van der Waals surface area contributed by atoms with Gasteiger partial charge in [0.05, 0.1) is 5.88 Å². The molecule has 2 nitrogen and oxygen atoms in total. The van der Waals surface area contributed by atoms with E-state index in [9.17, 15) is 0 Å². The molecule has 1 heterocycles. The third-order valence-electron chi connectivity index (χ3n) is 2.06. The van der Waals surface area contributed by atoms with E-state index >= 15 is 0 Å². The predicted molar refractivity (Wildman–Crippen MR) is 66.7 cm³/mol. The Morgan fingerprint density at radius 2 is 2.14 bits per heavy atom. The molecule has 0 bridgehead atoms. The Balaban J connectivity index is 1.94. The van der Waals surface area contributed by atoms with Crippen LogP contribution in [-0.4, -0.2) is 28.2 Å². The molecule has 0 spiro atoms. The molecule has 0 radical (unpaired) electrons. The van der Waals surface area contributed by atoms with Crippen LogP contribution in [0, 0.1) is 0 Å². The van der Waals surface area contributed by atoms with E-state index in [0.29, 0.717) is 0 Å². The van der Waals surface area contributed by atoms with Crippen LogP contribution in [0.15, 0.2) is 30.3 Å². The van der Waals surface area contributed by atoms with Crippen molar-refractivity contribution in [3.8, 4) is 0 Å². The van der Waals surface area contributed by atoms with Gasteiger partial charge in [0.15, 0.2) is 5.11 Å². The van der Waals surface area contributed by atoms with Gasteiger partial charge in [0, 0.05) is 18.0 Å². The Hall–Kier alpha value is -0.740. The van der Waals surface area contributed by atoms with Crippen LogP contribution in [0.4, 0.5) is 5.69 Å². The summed E-state index contributed by atoms with van der Waals surface area (Å²) in [5.41, 5.74) is 1.06. The highest BCUT2D eigenvalue weighted by atomic mass is 32.2. The Kier molecular flexibility index (Phi) is 3.26. The van der Waals surface area contributed by atoms with Gasteiger partial charge in [0.2, 0.25) is 0 Å². The van der Waals surface area contributed by atoms with Crippen molar-refractivity contribution >= 4 is 34.8 Å². The van der Waals surface area contributed by atoms with E-state index in [-0.39, 0.29) is 0 Å². The van der Waals surface area contributed by atoms with Gasteiger partial charge in [-0.3, -0.25) is 0 Å². The number of benzene rings is 1. The van der Waals surface area contributed by atoms with Gasteiger partial charge in [0.25, 0.3) is 0 Å². The first-order valence-electron chi connectivity index (χ1n) is 4.55. The number of thioether (sulfide) groups is 1. The molecule has 1 aromatic carbocycles.